The largest absolute Gasteiger partial charge is 0.493 e. The number of nitrogens with zero attached hydrogens (tertiary/aromatic N) is 5. The van der Waals surface area contributed by atoms with Crippen molar-refractivity contribution in [1.82, 2.24) is 24.4 Å². The van der Waals surface area contributed by atoms with E-state index in [1.807, 2.05) is 42.6 Å². The number of aliphatic carboxylic acids is 1. The third-order valence-electron chi connectivity index (χ3n) is 9.80. The first kappa shape index (κ1) is 32.5. The molecule has 1 atom stereocenters. The Kier molecular flexibility index (Phi) is 8.80. The second-order valence-corrected chi connectivity index (χ2v) is 13.6. The summed E-state index contributed by atoms with van der Waals surface area (Å²) in [6.07, 6.45) is 4.24. The van der Waals surface area contributed by atoms with Crippen molar-refractivity contribution < 1.29 is 28.5 Å². The van der Waals surface area contributed by atoms with Gasteiger partial charge in [-0.25, -0.2) is 13.7 Å². The van der Waals surface area contributed by atoms with E-state index in [4.69, 9.17) is 25.8 Å². The average molecular weight is 698 g/mol. The number of aromatic nitrogens is 3. The zero-order chi connectivity index (χ0) is 34.4. The first-order valence-corrected chi connectivity index (χ1v) is 17.3. The van der Waals surface area contributed by atoms with Gasteiger partial charge in [-0.05, 0) is 77.9 Å². The molecule has 258 valence electrons. The fraction of sp³-hybridized carbons (Fsp3) is 0.342. The smallest absolute Gasteiger partial charge is 0.345 e. The van der Waals surface area contributed by atoms with Crippen molar-refractivity contribution in [3.8, 4) is 17.4 Å². The van der Waals surface area contributed by atoms with Crippen molar-refractivity contribution >= 4 is 55.4 Å². The number of carbonyl (C=O) groups is 1. The molecule has 1 saturated carbocycles. The summed E-state index contributed by atoms with van der Waals surface area (Å²) in [5.41, 5.74) is 1.21. The molecule has 0 unspecified atom stereocenters. The molecule has 12 heteroatoms. The third kappa shape index (κ3) is 6.36. The van der Waals surface area contributed by atoms with Crippen LogP contribution in [0, 0.1) is 11.7 Å². The number of para-hydroxylation sites is 1. The number of ether oxygens (including phenoxy) is 3. The number of carboxylic acids is 1. The Balaban J connectivity index is 1.19. The van der Waals surface area contributed by atoms with E-state index in [0.717, 1.165) is 61.9 Å². The highest BCUT2D eigenvalue weighted by atomic mass is 35.5. The number of hydrogen-bond donors (Lipinski definition) is 1. The number of hydrogen-bond acceptors (Lipinski definition) is 8. The summed E-state index contributed by atoms with van der Waals surface area (Å²) >= 11 is 7.13. The highest BCUT2D eigenvalue weighted by molar-refractivity contribution is 6.42. The van der Waals surface area contributed by atoms with Crippen molar-refractivity contribution in [2.75, 3.05) is 53.0 Å². The number of likely N-dealkylation sites (N-methyl/N-ethyl adjacent to an activating group) is 1. The lowest BCUT2D eigenvalue weighted by atomic mass is 9.95. The maximum atomic E-state index is 14.8. The van der Waals surface area contributed by atoms with Crippen molar-refractivity contribution in [2.24, 2.45) is 5.92 Å². The zero-order valence-electron chi connectivity index (χ0n) is 27.6. The van der Waals surface area contributed by atoms with Crippen LogP contribution in [-0.2, 0) is 11.2 Å². The molecule has 4 aromatic carbocycles. The standard InChI is InChI=1S/C38H37ClFN5O5/c1-43-12-14-44(15-13-43)16-17-48-31-11-10-27-33(35(31)39)28-19-25(40)8-9-26(28)29-20-45-36(34(27)29)37(41-22-42-45)50-32(38(46)47)18-24-4-2-3-5-30(24)49-21-23-6-7-23/h2-5,8-11,19-20,22-23,32H,6-7,12-18,21H2,1H3,(H,46,47)/t32-/m0/s1. The minimum absolute atomic E-state index is 0.0641. The molecule has 2 aromatic heterocycles. The van der Waals surface area contributed by atoms with Crippen LogP contribution in [0.5, 0.6) is 17.4 Å². The zero-order valence-corrected chi connectivity index (χ0v) is 28.4. The van der Waals surface area contributed by atoms with E-state index in [-0.39, 0.29) is 12.3 Å². The van der Waals surface area contributed by atoms with Crippen LogP contribution in [0.25, 0.3) is 37.8 Å². The first-order valence-electron chi connectivity index (χ1n) is 17.0. The summed E-state index contributed by atoms with van der Waals surface area (Å²) in [6, 6.07) is 15.8. The summed E-state index contributed by atoms with van der Waals surface area (Å²) in [5.74, 6) is 0.270. The SMILES string of the molecule is CN1CCN(CCOc2ccc3c(c2Cl)c2cc(F)ccc2c2cn4ncnc(O[C@@H](Cc5ccccc5OCC5CC5)C(=O)O)c4c23)CC1. The van der Waals surface area contributed by atoms with Gasteiger partial charge in [-0.1, -0.05) is 35.9 Å². The van der Waals surface area contributed by atoms with E-state index in [0.29, 0.717) is 62.7 Å². The van der Waals surface area contributed by atoms with Gasteiger partial charge in [-0.15, -0.1) is 0 Å². The maximum Gasteiger partial charge on any atom is 0.345 e. The Labute approximate surface area is 292 Å². The minimum atomic E-state index is -1.27. The highest BCUT2D eigenvalue weighted by Crippen LogP contribution is 2.45. The van der Waals surface area contributed by atoms with Gasteiger partial charge in [0.05, 0.1) is 11.6 Å². The molecule has 3 heterocycles. The molecular formula is C38H37ClFN5O5. The summed E-state index contributed by atoms with van der Waals surface area (Å²) in [7, 11) is 2.12. The van der Waals surface area contributed by atoms with Crippen molar-refractivity contribution in [2.45, 2.75) is 25.4 Å². The average Bonchev–Trinajstić information content (AvgIpc) is 3.86. The van der Waals surface area contributed by atoms with Gasteiger partial charge in [0.25, 0.3) is 0 Å². The van der Waals surface area contributed by atoms with E-state index in [2.05, 4.69) is 26.9 Å². The summed E-state index contributed by atoms with van der Waals surface area (Å²) in [4.78, 5) is 21.8. The molecule has 0 radical (unpaired) electrons. The topological polar surface area (TPSA) is 102 Å². The van der Waals surface area contributed by atoms with E-state index in [1.165, 1.54) is 18.5 Å². The van der Waals surface area contributed by atoms with Crippen molar-refractivity contribution in [3.63, 3.8) is 0 Å². The van der Waals surface area contributed by atoms with Crippen molar-refractivity contribution in [3.05, 3.63) is 83.5 Å². The molecule has 1 aliphatic heterocycles. The highest BCUT2D eigenvalue weighted by Gasteiger charge is 2.27. The monoisotopic (exact) mass is 697 g/mol. The Hall–Kier alpha value is -4.71. The number of fused-ring (bicyclic) bond motifs is 8. The van der Waals surface area contributed by atoms with E-state index in [1.54, 1.807) is 10.6 Å². The van der Waals surface area contributed by atoms with Gasteiger partial charge in [0.15, 0.2) is 0 Å². The number of piperazine rings is 1. The maximum absolute atomic E-state index is 14.8. The number of benzene rings is 4. The molecule has 0 bridgehead atoms. The van der Waals surface area contributed by atoms with Gasteiger partial charge in [0, 0.05) is 61.5 Å². The van der Waals surface area contributed by atoms with Gasteiger partial charge < -0.3 is 24.2 Å². The Bertz CT molecular complexity index is 2230. The molecule has 10 nitrogen and oxygen atoms in total. The predicted octanol–water partition coefficient (Wildman–Crippen LogP) is 6.47. The van der Waals surface area contributed by atoms with E-state index < -0.39 is 17.9 Å². The first-order chi connectivity index (χ1) is 24.3. The van der Waals surface area contributed by atoms with Crippen molar-refractivity contribution in [1.29, 1.82) is 0 Å². The normalized spacial score (nSPS) is 16.4. The van der Waals surface area contributed by atoms with Crippen LogP contribution in [0.1, 0.15) is 18.4 Å². The fourth-order valence-electron chi connectivity index (χ4n) is 6.82. The molecule has 0 amide bonds. The van der Waals surface area contributed by atoms with Crippen LogP contribution < -0.4 is 14.2 Å². The number of carboxylic acid groups (broad SMARTS) is 1. The molecule has 1 aliphatic carbocycles. The molecule has 8 rings (SSSR count). The van der Waals surface area contributed by atoms with E-state index in [9.17, 15) is 14.3 Å². The summed E-state index contributed by atoms with van der Waals surface area (Å²) < 4.78 is 35.0. The van der Waals surface area contributed by atoms with Crippen LogP contribution in [0.15, 0.2) is 67.1 Å². The van der Waals surface area contributed by atoms with Gasteiger partial charge in [-0.2, -0.15) is 10.1 Å². The van der Waals surface area contributed by atoms with Gasteiger partial charge in [-0.3, -0.25) is 4.90 Å². The molecule has 1 N–H and O–H groups in total. The Morgan fingerprint density at radius 1 is 0.980 bits per heavy atom. The van der Waals surface area contributed by atoms with Gasteiger partial charge in [0.1, 0.15) is 35.8 Å². The lowest BCUT2D eigenvalue weighted by molar-refractivity contribution is -0.145. The van der Waals surface area contributed by atoms with Gasteiger partial charge in [0.2, 0.25) is 12.0 Å². The number of rotatable bonds is 12. The summed E-state index contributed by atoms with van der Waals surface area (Å²) in [5, 5.41) is 19.3. The minimum Gasteiger partial charge on any atom is -0.493 e. The van der Waals surface area contributed by atoms with Crippen LogP contribution in [0.3, 0.4) is 0 Å². The third-order valence-corrected chi connectivity index (χ3v) is 10.2. The van der Waals surface area contributed by atoms with Crippen LogP contribution in [0.4, 0.5) is 4.39 Å². The Morgan fingerprint density at radius 3 is 2.58 bits per heavy atom. The lowest BCUT2D eigenvalue weighted by Gasteiger charge is -2.32. The fourth-order valence-corrected chi connectivity index (χ4v) is 7.14. The van der Waals surface area contributed by atoms with Crippen LogP contribution in [0.2, 0.25) is 5.02 Å². The van der Waals surface area contributed by atoms with Gasteiger partial charge >= 0.3 is 5.97 Å². The summed E-state index contributed by atoms with van der Waals surface area (Å²) in [6.45, 7) is 5.81. The Morgan fingerprint density at radius 2 is 1.78 bits per heavy atom. The molecule has 1 saturated heterocycles. The molecule has 2 aliphatic rings. The molecular weight excluding hydrogens is 661 g/mol. The van der Waals surface area contributed by atoms with Crippen LogP contribution >= 0.6 is 11.6 Å². The van der Waals surface area contributed by atoms with Crippen LogP contribution in [-0.4, -0.2) is 94.6 Å². The second-order valence-electron chi connectivity index (χ2n) is 13.3. The quantitative estimate of drug-likeness (QED) is 0.144. The predicted molar refractivity (Wildman–Crippen MR) is 190 cm³/mol. The molecule has 0 spiro atoms. The second kappa shape index (κ2) is 13.5. The molecule has 6 aromatic rings. The molecule has 50 heavy (non-hydrogen) atoms. The van der Waals surface area contributed by atoms with E-state index >= 15 is 0 Å². The lowest BCUT2D eigenvalue weighted by Crippen LogP contribution is -2.45. The molecule has 2 fully saturated rings. The number of halogens is 2.